The van der Waals surface area contributed by atoms with Crippen LogP contribution in [0, 0.1) is 5.92 Å². The molecule has 1 aromatic heterocycles. The van der Waals surface area contributed by atoms with Gasteiger partial charge >= 0.3 is 11.9 Å². The highest BCUT2D eigenvalue weighted by atomic mass is 16.5. The van der Waals surface area contributed by atoms with E-state index in [0.29, 0.717) is 54.9 Å². The maximum Gasteiger partial charge on any atom is 0.356 e. The topological polar surface area (TPSA) is 110 Å². The van der Waals surface area contributed by atoms with Crippen molar-refractivity contribution in [3.8, 4) is 5.75 Å². The molecule has 1 atom stereocenters. The first-order valence-corrected chi connectivity index (χ1v) is 10.4. The van der Waals surface area contributed by atoms with Crippen molar-refractivity contribution in [3.05, 3.63) is 23.9 Å². The number of hydrogen-bond acceptors (Lipinski definition) is 7. The van der Waals surface area contributed by atoms with Gasteiger partial charge in [-0.05, 0) is 51.9 Å². The number of H-pyrrole nitrogens is 1. The number of fused-ring (bicyclic) bond motifs is 1. The van der Waals surface area contributed by atoms with Crippen molar-refractivity contribution in [1.82, 2.24) is 9.88 Å². The van der Waals surface area contributed by atoms with E-state index in [0.717, 1.165) is 0 Å². The standard InChI is InChI=1S/C22H29N3O6/c1-5-31-21(27)14-9-11-25(12-10-14)13(2)20(26)24-18-17-15(7-6-8-16(17)29-3)23-19(18)22(28)30-4/h6-8,13-14,23H,5,9-12H2,1-4H3,(H,24,26)/t13-/m0/s1. The summed E-state index contributed by atoms with van der Waals surface area (Å²) in [7, 11) is 2.81. The lowest BCUT2D eigenvalue weighted by molar-refractivity contribution is -0.149. The second kappa shape index (κ2) is 9.82. The molecule has 1 fully saturated rings. The van der Waals surface area contributed by atoms with Gasteiger partial charge in [-0.2, -0.15) is 0 Å². The molecule has 2 N–H and O–H groups in total. The average Bonchev–Trinajstić information content (AvgIpc) is 3.16. The van der Waals surface area contributed by atoms with E-state index in [-0.39, 0.29) is 23.5 Å². The molecule has 1 saturated heterocycles. The summed E-state index contributed by atoms with van der Waals surface area (Å²) in [6.07, 6.45) is 1.29. The molecule has 1 amide bonds. The Labute approximate surface area is 181 Å². The number of amides is 1. The lowest BCUT2D eigenvalue weighted by Gasteiger charge is -2.34. The van der Waals surface area contributed by atoms with Gasteiger partial charge in [0.15, 0.2) is 0 Å². The molecule has 168 valence electrons. The zero-order valence-electron chi connectivity index (χ0n) is 18.3. The van der Waals surface area contributed by atoms with E-state index in [9.17, 15) is 14.4 Å². The van der Waals surface area contributed by atoms with Crippen LogP contribution in [0.25, 0.3) is 10.9 Å². The molecule has 0 saturated carbocycles. The number of nitrogens with one attached hydrogen (secondary N) is 2. The maximum atomic E-state index is 13.1. The second-order valence-corrected chi connectivity index (χ2v) is 7.48. The third kappa shape index (κ3) is 4.66. The zero-order chi connectivity index (χ0) is 22.5. The summed E-state index contributed by atoms with van der Waals surface area (Å²) >= 11 is 0. The van der Waals surface area contributed by atoms with Crippen molar-refractivity contribution in [1.29, 1.82) is 0 Å². The number of ether oxygens (including phenoxy) is 3. The Kier molecular flexibility index (Phi) is 7.17. The molecule has 1 aliphatic heterocycles. The van der Waals surface area contributed by atoms with E-state index in [1.165, 1.54) is 14.2 Å². The lowest BCUT2D eigenvalue weighted by Crippen LogP contribution is -2.47. The quantitative estimate of drug-likeness (QED) is 0.648. The molecule has 9 heteroatoms. The Hall–Kier alpha value is -3.07. The molecule has 0 bridgehead atoms. The number of methoxy groups -OCH3 is 2. The number of likely N-dealkylation sites (tertiary alicyclic amines) is 1. The Bertz CT molecular complexity index is 962. The molecule has 31 heavy (non-hydrogen) atoms. The molecular formula is C22H29N3O6. The van der Waals surface area contributed by atoms with Crippen LogP contribution in [0.3, 0.4) is 0 Å². The molecule has 9 nitrogen and oxygen atoms in total. The first-order valence-electron chi connectivity index (χ1n) is 10.4. The minimum absolute atomic E-state index is 0.129. The number of hydrogen-bond donors (Lipinski definition) is 2. The van der Waals surface area contributed by atoms with Crippen LogP contribution in [-0.4, -0.2) is 67.7 Å². The largest absolute Gasteiger partial charge is 0.496 e. The summed E-state index contributed by atoms with van der Waals surface area (Å²) in [5, 5.41) is 3.49. The number of aromatic nitrogens is 1. The number of benzene rings is 1. The van der Waals surface area contributed by atoms with Gasteiger partial charge in [0.25, 0.3) is 0 Å². The molecule has 2 aromatic rings. The van der Waals surface area contributed by atoms with Crippen molar-refractivity contribution in [2.45, 2.75) is 32.7 Å². The number of esters is 2. The summed E-state index contributed by atoms with van der Waals surface area (Å²) in [6.45, 7) is 5.19. The number of nitrogens with zero attached hydrogens (tertiary/aromatic N) is 1. The van der Waals surface area contributed by atoms with Gasteiger partial charge in [-0.25, -0.2) is 4.79 Å². The maximum absolute atomic E-state index is 13.1. The number of carbonyl (C=O) groups is 3. The number of rotatable bonds is 7. The number of piperidine rings is 1. The SMILES string of the molecule is CCOC(=O)C1CCN([C@@H](C)C(=O)Nc2c(C(=O)OC)[nH]c3cccc(OC)c23)CC1. The Morgan fingerprint density at radius 1 is 1.23 bits per heavy atom. The fourth-order valence-corrected chi connectivity index (χ4v) is 3.94. The van der Waals surface area contributed by atoms with Crippen molar-refractivity contribution in [3.63, 3.8) is 0 Å². The van der Waals surface area contributed by atoms with Crippen LogP contribution < -0.4 is 10.1 Å². The summed E-state index contributed by atoms with van der Waals surface area (Å²) < 4.78 is 15.4. The van der Waals surface area contributed by atoms with Gasteiger partial charge < -0.3 is 24.5 Å². The highest BCUT2D eigenvalue weighted by Gasteiger charge is 2.31. The van der Waals surface area contributed by atoms with Crippen LogP contribution in [0.1, 0.15) is 37.2 Å². The van der Waals surface area contributed by atoms with E-state index < -0.39 is 12.0 Å². The van der Waals surface area contributed by atoms with E-state index in [2.05, 4.69) is 10.3 Å². The van der Waals surface area contributed by atoms with Crippen LogP contribution >= 0.6 is 0 Å². The normalized spacial score (nSPS) is 16.0. The molecule has 1 aliphatic rings. The van der Waals surface area contributed by atoms with E-state index in [4.69, 9.17) is 14.2 Å². The predicted octanol–water partition coefficient (Wildman–Crippen LogP) is 2.57. The van der Waals surface area contributed by atoms with Crippen LogP contribution in [0.2, 0.25) is 0 Å². The summed E-state index contributed by atoms with van der Waals surface area (Å²) in [4.78, 5) is 42.4. The lowest BCUT2D eigenvalue weighted by atomic mass is 9.96. The number of carbonyl (C=O) groups excluding carboxylic acids is 3. The fraction of sp³-hybridized carbons (Fsp3) is 0.500. The molecule has 0 unspecified atom stereocenters. The monoisotopic (exact) mass is 431 g/mol. The molecule has 0 spiro atoms. The summed E-state index contributed by atoms with van der Waals surface area (Å²) in [6, 6.07) is 4.90. The second-order valence-electron chi connectivity index (χ2n) is 7.48. The summed E-state index contributed by atoms with van der Waals surface area (Å²) in [5.41, 5.74) is 1.14. The van der Waals surface area contributed by atoms with Gasteiger partial charge in [0.2, 0.25) is 5.91 Å². The molecule has 0 aliphatic carbocycles. The minimum atomic E-state index is -0.587. The van der Waals surface area contributed by atoms with Crippen LogP contribution in [0.15, 0.2) is 18.2 Å². The Balaban J connectivity index is 1.78. The molecule has 2 heterocycles. The molecule has 1 aromatic carbocycles. The smallest absolute Gasteiger partial charge is 0.356 e. The van der Waals surface area contributed by atoms with Gasteiger partial charge in [-0.15, -0.1) is 0 Å². The van der Waals surface area contributed by atoms with Crippen molar-refractivity contribution in [2.75, 3.05) is 39.2 Å². The Morgan fingerprint density at radius 3 is 2.55 bits per heavy atom. The van der Waals surface area contributed by atoms with E-state index in [1.54, 1.807) is 25.1 Å². The van der Waals surface area contributed by atoms with Crippen LogP contribution in [0.4, 0.5) is 5.69 Å². The van der Waals surface area contributed by atoms with Gasteiger partial charge in [0.05, 0.1) is 49.4 Å². The average molecular weight is 431 g/mol. The van der Waals surface area contributed by atoms with Crippen molar-refractivity contribution >= 4 is 34.4 Å². The van der Waals surface area contributed by atoms with E-state index >= 15 is 0 Å². The van der Waals surface area contributed by atoms with E-state index in [1.807, 2.05) is 11.8 Å². The van der Waals surface area contributed by atoms with Gasteiger partial charge in [-0.1, -0.05) is 6.07 Å². The van der Waals surface area contributed by atoms with Crippen LogP contribution in [-0.2, 0) is 19.1 Å². The third-order valence-corrected chi connectivity index (χ3v) is 5.72. The first-order chi connectivity index (χ1) is 14.9. The highest BCUT2D eigenvalue weighted by molar-refractivity contribution is 6.13. The zero-order valence-corrected chi connectivity index (χ0v) is 18.3. The van der Waals surface area contributed by atoms with Crippen molar-refractivity contribution < 1.29 is 28.6 Å². The third-order valence-electron chi connectivity index (χ3n) is 5.72. The fourth-order valence-electron chi connectivity index (χ4n) is 3.94. The predicted molar refractivity (Wildman–Crippen MR) is 115 cm³/mol. The van der Waals surface area contributed by atoms with Crippen LogP contribution in [0.5, 0.6) is 5.75 Å². The Morgan fingerprint density at radius 2 is 1.94 bits per heavy atom. The summed E-state index contributed by atoms with van der Waals surface area (Å²) in [5.74, 6) is -0.617. The first kappa shape index (κ1) is 22.6. The molecule has 0 radical (unpaired) electrons. The van der Waals surface area contributed by atoms with Crippen molar-refractivity contribution in [2.24, 2.45) is 5.92 Å². The minimum Gasteiger partial charge on any atom is -0.496 e. The van der Waals surface area contributed by atoms with Gasteiger partial charge in [0.1, 0.15) is 11.4 Å². The van der Waals surface area contributed by atoms with Gasteiger partial charge in [0, 0.05) is 0 Å². The van der Waals surface area contributed by atoms with Gasteiger partial charge in [-0.3, -0.25) is 14.5 Å². The molecule has 3 rings (SSSR count). The molecular weight excluding hydrogens is 402 g/mol. The number of anilines is 1. The highest BCUT2D eigenvalue weighted by Crippen LogP contribution is 2.36. The number of aromatic amines is 1.